The molecule has 5 heteroatoms. The Morgan fingerprint density at radius 1 is 1.19 bits per heavy atom. The van der Waals surface area contributed by atoms with Gasteiger partial charge in [0.25, 0.3) is 0 Å². The van der Waals surface area contributed by atoms with E-state index in [1.165, 1.54) is 18.4 Å². The molecule has 0 bridgehead atoms. The van der Waals surface area contributed by atoms with E-state index >= 15 is 0 Å². The van der Waals surface area contributed by atoms with Gasteiger partial charge in [-0.1, -0.05) is 42.7 Å². The third-order valence-electron chi connectivity index (χ3n) is 5.70. The van der Waals surface area contributed by atoms with E-state index < -0.39 is 0 Å². The van der Waals surface area contributed by atoms with Gasteiger partial charge in [0.05, 0.1) is 18.6 Å². The number of benzene rings is 1. The molecule has 2 atom stereocenters. The minimum Gasteiger partial charge on any atom is -0.383 e. The summed E-state index contributed by atoms with van der Waals surface area (Å²) in [4.78, 5) is 27.5. The van der Waals surface area contributed by atoms with Gasteiger partial charge in [0.1, 0.15) is 0 Å². The SMILES string of the molecule is COCCN1C(=O)CC[C@@H](C(=O)NC2CCCC2)[C@H]1c1ccc(C)cc1. The Bertz CT molecular complexity index is 623. The van der Waals surface area contributed by atoms with Gasteiger partial charge in [-0.3, -0.25) is 9.59 Å². The predicted octanol–water partition coefficient (Wildman–Crippen LogP) is 2.98. The van der Waals surface area contributed by atoms with Gasteiger partial charge < -0.3 is 15.0 Å². The number of rotatable bonds is 6. The maximum Gasteiger partial charge on any atom is 0.225 e. The summed E-state index contributed by atoms with van der Waals surface area (Å²) in [5.74, 6) is 0.00259. The summed E-state index contributed by atoms with van der Waals surface area (Å²) in [6.45, 7) is 3.04. The summed E-state index contributed by atoms with van der Waals surface area (Å²) in [7, 11) is 1.64. The number of carbonyl (C=O) groups is 2. The molecule has 0 spiro atoms. The van der Waals surface area contributed by atoms with E-state index in [0.29, 0.717) is 32.0 Å². The van der Waals surface area contributed by atoms with Gasteiger partial charge in [-0.05, 0) is 31.7 Å². The Balaban J connectivity index is 1.85. The zero-order valence-corrected chi connectivity index (χ0v) is 15.9. The molecule has 1 aromatic rings. The van der Waals surface area contributed by atoms with Crippen molar-refractivity contribution in [3.63, 3.8) is 0 Å². The lowest BCUT2D eigenvalue weighted by Gasteiger charge is -2.41. The second-order valence-electron chi connectivity index (χ2n) is 7.57. The summed E-state index contributed by atoms with van der Waals surface area (Å²) < 4.78 is 5.21. The lowest BCUT2D eigenvalue weighted by molar-refractivity contribution is -0.144. The molecule has 142 valence electrons. The van der Waals surface area contributed by atoms with Crippen molar-refractivity contribution < 1.29 is 14.3 Å². The molecule has 5 nitrogen and oxygen atoms in total. The van der Waals surface area contributed by atoms with Crippen molar-refractivity contribution >= 4 is 11.8 Å². The van der Waals surface area contributed by atoms with Gasteiger partial charge in [0, 0.05) is 26.1 Å². The number of aryl methyl sites for hydroxylation is 1. The molecule has 1 aromatic carbocycles. The minimum absolute atomic E-state index is 0.0948. The maximum absolute atomic E-state index is 13.1. The number of hydrogen-bond acceptors (Lipinski definition) is 3. The van der Waals surface area contributed by atoms with Gasteiger partial charge in [0.15, 0.2) is 0 Å². The number of nitrogens with zero attached hydrogens (tertiary/aromatic N) is 1. The second kappa shape index (κ2) is 8.67. The maximum atomic E-state index is 13.1. The highest BCUT2D eigenvalue weighted by molar-refractivity contribution is 5.85. The molecule has 2 amide bonds. The number of likely N-dealkylation sites (tertiary alicyclic amines) is 1. The smallest absolute Gasteiger partial charge is 0.225 e. The molecule has 2 fully saturated rings. The van der Waals surface area contributed by atoms with Crippen molar-refractivity contribution in [3.8, 4) is 0 Å². The first-order valence-corrected chi connectivity index (χ1v) is 9.75. The van der Waals surface area contributed by atoms with E-state index in [4.69, 9.17) is 4.74 Å². The predicted molar refractivity (Wildman–Crippen MR) is 101 cm³/mol. The lowest BCUT2D eigenvalue weighted by Crippen LogP contribution is -2.50. The molecule has 0 radical (unpaired) electrons. The van der Waals surface area contributed by atoms with E-state index in [9.17, 15) is 9.59 Å². The zero-order chi connectivity index (χ0) is 18.5. The average molecular weight is 358 g/mol. The second-order valence-corrected chi connectivity index (χ2v) is 7.57. The highest BCUT2D eigenvalue weighted by atomic mass is 16.5. The van der Waals surface area contributed by atoms with Crippen LogP contribution in [0.1, 0.15) is 55.7 Å². The number of amides is 2. The number of nitrogens with one attached hydrogen (secondary N) is 1. The molecule has 1 saturated carbocycles. The molecular formula is C21H30N2O3. The highest BCUT2D eigenvalue weighted by Crippen LogP contribution is 2.37. The summed E-state index contributed by atoms with van der Waals surface area (Å²) in [6.07, 6.45) is 5.55. The fourth-order valence-corrected chi connectivity index (χ4v) is 4.23. The van der Waals surface area contributed by atoms with Gasteiger partial charge in [0.2, 0.25) is 11.8 Å². The van der Waals surface area contributed by atoms with E-state index in [-0.39, 0.29) is 23.8 Å². The van der Waals surface area contributed by atoms with Gasteiger partial charge in [-0.15, -0.1) is 0 Å². The van der Waals surface area contributed by atoms with Crippen LogP contribution in [0.2, 0.25) is 0 Å². The number of piperidine rings is 1. The van der Waals surface area contributed by atoms with Crippen molar-refractivity contribution in [2.75, 3.05) is 20.3 Å². The van der Waals surface area contributed by atoms with Crippen LogP contribution in [0.5, 0.6) is 0 Å². The number of hydrogen-bond donors (Lipinski definition) is 1. The van der Waals surface area contributed by atoms with Crippen LogP contribution in [0.15, 0.2) is 24.3 Å². The first-order valence-electron chi connectivity index (χ1n) is 9.75. The zero-order valence-electron chi connectivity index (χ0n) is 15.9. The molecular weight excluding hydrogens is 328 g/mol. The minimum atomic E-state index is -0.214. The average Bonchev–Trinajstić information content (AvgIpc) is 3.14. The molecule has 1 aliphatic carbocycles. The van der Waals surface area contributed by atoms with Crippen molar-refractivity contribution in [3.05, 3.63) is 35.4 Å². The van der Waals surface area contributed by atoms with Crippen molar-refractivity contribution in [1.29, 1.82) is 0 Å². The Morgan fingerprint density at radius 3 is 2.54 bits per heavy atom. The molecule has 26 heavy (non-hydrogen) atoms. The molecule has 1 aliphatic heterocycles. The first kappa shape index (κ1) is 18.9. The Kier molecular flexibility index (Phi) is 6.30. The van der Waals surface area contributed by atoms with Crippen LogP contribution in [-0.4, -0.2) is 43.0 Å². The Labute approximate surface area is 156 Å². The summed E-state index contributed by atoms with van der Waals surface area (Å²) in [6, 6.07) is 8.28. The highest BCUT2D eigenvalue weighted by Gasteiger charge is 2.40. The van der Waals surface area contributed by atoms with Crippen LogP contribution >= 0.6 is 0 Å². The van der Waals surface area contributed by atoms with Gasteiger partial charge >= 0.3 is 0 Å². The monoisotopic (exact) mass is 358 g/mol. The molecule has 1 saturated heterocycles. The molecule has 0 unspecified atom stereocenters. The van der Waals surface area contributed by atoms with Crippen LogP contribution in [0.3, 0.4) is 0 Å². The fourth-order valence-electron chi connectivity index (χ4n) is 4.23. The van der Waals surface area contributed by atoms with Crippen LogP contribution in [0, 0.1) is 12.8 Å². The largest absolute Gasteiger partial charge is 0.383 e. The normalized spacial score (nSPS) is 24.1. The van der Waals surface area contributed by atoms with Crippen molar-refractivity contribution in [2.24, 2.45) is 5.92 Å². The van der Waals surface area contributed by atoms with Crippen molar-refractivity contribution in [1.82, 2.24) is 10.2 Å². The molecule has 1 N–H and O–H groups in total. The lowest BCUT2D eigenvalue weighted by atomic mass is 9.83. The summed E-state index contributed by atoms with van der Waals surface area (Å²) >= 11 is 0. The standard InChI is InChI=1S/C21H30N2O3/c1-15-7-9-16(10-8-15)20-18(21(25)22-17-5-3-4-6-17)11-12-19(24)23(20)13-14-26-2/h7-10,17-18,20H,3-6,11-14H2,1-2H3,(H,22,25)/t18-,20-/m1/s1. The van der Waals surface area contributed by atoms with E-state index in [0.717, 1.165) is 18.4 Å². The van der Waals surface area contributed by atoms with Gasteiger partial charge in [-0.25, -0.2) is 0 Å². The molecule has 3 rings (SSSR count). The van der Waals surface area contributed by atoms with E-state index in [1.807, 2.05) is 24.0 Å². The first-order chi connectivity index (χ1) is 12.6. The van der Waals surface area contributed by atoms with Crippen LogP contribution in [0.4, 0.5) is 0 Å². The van der Waals surface area contributed by atoms with Gasteiger partial charge in [-0.2, -0.15) is 0 Å². The third kappa shape index (κ3) is 4.26. The van der Waals surface area contributed by atoms with Crippen LogP contribution in [-0.2, 0) is 14.3 Å². The number of carbonyl (C=O) groups excluding carboxylic acids is 2. The number of ether oxygens (including phenoxy) is 1. The van der Waals surface area contributed by atoms with E-state index in [2.05, 4.69) is 17.4 Å². The molecule has 1 heterocycles. The fraction of sp³-hybridized carbons (Fsp3) is 0.619. The van der Waals surface area contributed by atoms with Crippen LogP contribution in [0.25, 0.3) is 0 Å². The van der Waals surface area contributed by atoms with E-state index in [1.54, 1.807) is 7.11 Å². The number of methoxy groups -OCH3 is 1. The molecule has 2 aliphatic rings. The Morgan fingerprint density at radius 2 is 1.88 bits per heavy atom. The summed E-state index contributed by atoms with van der Waals surface area (Å²) in [5.41, 5.74) is 2.21. The van der Waals surface area contributed by atoms with Crippen LogP contribution < -0.4 is 5.32 Å². The topological polar surface area (TPSA) is 58.6 Å². The Hall–Kier alpha value is -1.88. The van der Waals surface area contributed by atoms with Crippen molar-refractivity contribution in [2.45, 2.75) is 57.5 Å². The quantitative estimate of drug-likeness (QED) is 0.850. The summed E-state index contributed by atoms with van der Waals surface area (Å²) in [5, 5.41) is 3.24. The molecule has 0 aromatic heterocycles. The third-order valence-corrected chi connectivity index (χ3v) is 5.70.